The minimum atomic E-state index is -0.00340. The van der Waals surface area contributed by atoms with E-state index in [4.69, 9.17) is 0 Å². The Morgan fingerprint density at radius 2 is 1.97 bits per heavy atom. The van der Waals surface area contributed by atoms with Gasteiger partial charge >= 0.3 is 0 Å². The van der Waals surface area contributed by atoms with Crippen LogP contribution in [0, 0.1) is 5.92 Å². The normalized spacial score (nSPS) is 17.9. The second-order valence-electron chi connectivity index (χ2n) is 7.88. The predicted molar refractivity (Wildman–Crippen MR) is 118 cm³/mol. The number of fused-ring (bicyclic) bond motifs is 1. The van der Waals surface area contributed by atoms with Gasteiger partial charge in [0.15, 0.2) is 0 Å². The van der Waals surface area contributed by atoms with Gasteiger partial charge < -0.3 is 10.6 Å². The number of nitrogens with zero attached hydrogens (tertiary/aromatic N) is 2. The highest BCUT2D eigenvalue weighted by molar-refractivity contribution is 5.83. The molecule has 0 saturated carbocycles. The average Bonchev–Trinajstić information content (AvgIpc) is 3.19. The molecular weight excluding hydrogens is 360 g/mol. The lowest BCUT2D eigenvalue weighted by Crippen LogP contribution is -2.37. The van der Waals surface area contributed by atoms with Gasteiger partial charge in [-0.1, -0.05) is 42.5 Å². The molecule has 2 aromatic carbocycles. The van der Waals surface area contributed by atoms with Crippen LogP contribution < -0.4 is 10.6 Å². The van der Waals surface area contributed by atoms with Crippen LogP contribution in [0.15, 0.2) is 66.9 Å². The van der Waals surface area contributed by atoms with E-state index in [1.54, 1.807) is 6.20 Å². The van der Waals surface area contributed by atoms with Gasteiger partial charge in [0.2, 0.25) is 5.91 Å². The van der Waals surface area contributed by atoms with Gasteiger partial charge in [-0.15, -0.1) is 0 Å². The molecule has 2 heterocycles. The monoisotopic (exact) mass is 388 g/mol. The van der Waals surface area contributed by atoms with Gasteiger partial charge in [0, 0.05) is 19.3 Å². The summed E-state index contributed by atoms with van der Waals surface area (Å²) in [6.07, 6.45) is 2.90. The van der Waals surface area contributed by atoms with Crippen molar-refractivity contribution in [1.29, 1.82) is 0 Å². The van der Waals surface area contributed by atoms with E-state index in [2.05, 4.69) is 50.8 Å². The highest BCUT2D eigenvalue weighted by Gasteiger charge is 2.24. The molecule has 0 spiro atoms. The Morgan fingerprint density at radius 3 is 2.79 bits per heavy atom. The third-order valence-corrected chi connectivity index (χ3v) is 5.62. The molecule has 1 saturated heterocycles. The largest absolute Gasteiger partial charge is 0.370 e. The van der Waals surface area contributed by atoms with E-state index in [0.29, 0.717) is 12.5 Å². The molecule has 2 unspecified atom stereocenters. The van der Waals surface area contributed by atoms with Gasteiger partial charge in [0.25, 0.3) is 0 Å². The standard InChI is InChI=1S/C24H28N4O/c1-18(21-10-9-20-6-2-3-7-22(20)14-21)27-24(29)17-28-13-11-19(16-28)15-26-23-8-4-5-12-25-23/h2-10,12,14,18-19H,11,13,15-17H2,1H3,(H,25,26)(H,27,29). The van der Waals surface area contributed by atoms with Crippen LogP contribution in [0.5, 0.6) is 0 Å². The number of rotatable bonds is 7. The number of carbonyl (C=O) groups excluding carboxylic acids is 1. The summed E-state index contributed by atoms with van der Waals surface area (Å²) >= 11 is 0. The second-order valence-corrected chi connectivity index (χ2v) is 7.88. The number of amides is 1. The lowest BCUT2D eigenvalue weighted by Gasteiger charge is -2.19. The molecule has 0 bridgehead atoms. The molecule has 1 amide bonds. The van der Waals surface area contributed by atoms with Gasteiger partial charge in [-0.2, -0.15) is 0 Å². The molecule has 2 atom stereocenters. The Balaban J connectivity index is 1.25. The zero-order chi connectivity index (χ0) is 20.1. The summed E-state index contributed by atoms with van der Waals surface area (Å²) in [5.74, 6) is 1.54. The van der Waals surface area contributed by atoms with Crippen LogP contribution >= 0.6 is 0 Å². The second kappa shape index (κ2) is 9.05. The van der Waals surface area contributed by atoms with E-state index >= 15 is 0 Å². The summed E-state index contributed by atoms with van der Waals surface area (Å²) in [7, 11) is 0. The fourth-order valence-corrected chi connectivity index (χ4v) is 3.99. The van der Waals surface area contributed by atoms with Crippen molar-refractivity contribution in [2.24, 2.45) is 5.92 Å². The molecule has 1 aliphatic heterocycles. The molecule has 5 nitrogen and oxygen atoms in total. The van der Waals surface area contributed by atoms with Crippen LogP contribution in [0.3, 0.4) is 0 Å². The number of likely N-dealkylation sites (tertiary alicyclic amines) is 1. The summed E-state index contributed by atoms with van der Waals surface area (Å²) in [4.78, 5) is 19.1. The molecule has 1 aromatic heterocycles. The first-order chi connectivity index (χ1) is 14.2. The minimum Gasteiger partial charge on any atom is -0.370 e. The first kappa shape index (κ1) is 19.4. The van der Waals surface area contributed by atoms with Gasteiger partial charge in [0.1, 0.15) is 5.82 Å². The number of carbonyl (C=O) groups is 1. The van der Waals surface area contributed by atoms with Crippen molar-refractivity contribution in [2.45, 2.75) is 19.4 Å². The van der Waals surface area contributed by atoms with Crippen LogP contribution in [0.25, 0.3) is 10.8 Å². The number of anilines is 1. The SMILES string of the molecule is CC(NC(=O)CN1CCC(CNc2ccccn2)C1)c1ccc2ccccc2c1. The zero-order valence-electron chi connectivity index (χ0n) is 16.8. The van der Waals surface area contributed by atoms with Crippen molar-refractivity contribution in [2.75, 3.05) is 31.5 Å². The lowest BCUT2D eigenvalue weighted by atomic mass is 10.0. The molecule has 1 fully saturated rings. The predicted octanol–water partition coefficient (Wildman–Crippen LogP) is 3.85. The number of benzene rings is 2. The molecule has 0 aliphatic carbocycles. The highest BCUT2D eigenvalue weighted by Crippen LogP contribution is 2.21. The quantitative estimate of drug-likeness (QED) is 0.646. The molecule has 0 radical (unpaired) electrons. The number of nitrogens with one attached hydrogen (secondary N) is 2. The summed E-state index contributed by atoms with van der Waals surface area (Å²) in [5, 5.41) is 8.97. The van der Waals surface area contributed by atoms with Crippen molar-refractivity contribution >= 4 is 22.5 Å². The van der Waals surface area contributed by atoms with Gasteiger partial charge in [0.05, 0.1) is 12.6 Å². The maximum atomic E-state index is 12.6. The number of hydrogen-bond donors (Lipinski definition) is 2. The Bertz CT molecular complexity index is 959. The molecule has 2 N–H and O–H groups in total. The Labute approximate surface area is 172 Å². The van der Waals surface area contributed by atoms with Gasteiger partial charge in [-0.05, 0) is 60.3 Å². The van der Waals surface area contributed by atoms with Gasteiger partial charge in [-0.25, -0.2) is 4.98 Å². The van der Waals surface area contributed by atoms with E-state index in [0.717, 1.165) is 37.4 Å². The number of hydrogen-bond acceptors (Lipinski definition) is 4. The summed E-state index contributed by atoms with van der Waals surface area (Å²) < 4.78 is 0. The summed E-state index contributed by atoms with van der Waals surface area (Å²) in [5.41, 5.74) is 1.14. The molecular formula is C24H28N4O. The minimum absolute atomic E-state index is 0.00340. The third-order valence-electron chi connectivity index (χ3n) is 5.62. The van der Waals surface area contributed by atoms with Crippen molar-refractivity contribution in [3.63, 3.8) is 0 Å². The highest BCUT2D eigenvalue weighted by atomic mass is 16.2. The van der Waals surface area contributed by atoms with Crippen LogP contribution in [0.1, 0.15) is 24.9 Å². The van der Waals surface area contributed by atoms with Crippen molar-refractivity contribution < 1.29 is 4.79 Å². The summed E-state index contributed by atoms with van der Waals surface area (Å²) in [6.45, 7) is 5.30. The first-order valence-corrected chi connectivity index (χ1v) is 10.3. The maximum absolute atomic E-state index is 12.6. The molecule has 29 heavy (non-hydrogen) atoms. The lowest BCUT2D eigenvalue weighted by molar-refractivity contribution is -0.122. The molecule has 4 rings (SSSR count). The van der Waals surface area contributed by atoms with E-state index in [1.807, 2.05) is 37.3 Å². The number of aromatic nitrogens is 1. The first-order valence-electron chi connectivity index (χ1n) is 10.3. The third kappa shape index (κ3) is 5.12. The Morgan fingerprint density at radius 1 is 1.14 bits per heavy atom. The fraction of sp³-hybridized carbons (Fsp3) is 0.333. The van der Waals surface area contributed by atoms with Crippen LogP contribution in [0.4, 0.5) is 5.82 Å². The van der Waals surface area contributed by atoms with Crippen LogP contribution in [-0.4, -0.2) is 42.0 Å². The summed E-state index contributed by atoms with van der Waals surface area (Å²) in [6, 6.07) is 20.6. The van der Waals surface area contributed by atoms with E-state index < -0.39 is 0 Å². The Kier molecular flexibility index (Phi) is 6.06. The zero-order valence-corrected chi connectivity index (χ0v) is 16.8. The number of pyridine rings is 1. The molecule has 5 heteroatoms. The maximum Gasteiger partial charge on any atom is 0.234 e. The smallest absolute Gasteiger partial charge is 0.234 e. The fourth-order valence-electron chi connectivity index (χ4n) is 3.99. The average molecular weight is 389 g/mol. The van der Waals surface area contributed by atoms with Crippen LogP contribution in [0.2, 0.25) is 0 Å². The van der Waals surface area contributed by atoms with Crippen LogP contribution in [-0.2, 0) is 4.79 Å². The van der Waals surface area contributed by atoms with Crippen molar-refractivity contribution in [3.05, 3.63) is 72.4 Å². The molecule has 3 aromatic rings. The topological polar surface area (TPSA) is 57.3 Å². The molecule has 150 valence electrons. The Hall–Kier alpha value is -2.92. The van der Waals surface area contributed by atoms with Crippen molar-refractivity contribution in [1.82, 2.24) is 15.2 Å². The van der Waals surface area contributed by atoms with E-state index in [1.165, 1.54) is 10.8 Å². The molecule has 1 aliphatic rings. The van der Waals surface area contributed by atoms with E-state index in [9.17, 15) is 4.79 Å². The van der Waals surface area contributed by atoms with Gasteiger partial charge in [-0.3, -0.25) is 9.69 Å². The van der Waals surface area contributed by atoms with E-state index in [-0.39, 0.29) is 11.9 Å². The van der Waals surface area contributed by atoms with Crippen molar-refractivity contribution in [3.8, 4) is 0 Å².